The number of fused-ring (bicyclic) bond motifs is 3. The number of carbonyl (C=O) groups excluding carboxylic acids is 1. The Balaban J connectivity index is 1.25. The van der Waals surface area contributed by atoms with Crippen molar-refractivity contribution in [3.63, 3.8) is 0 Å². The first kappa shape index (κ1) is 24.0. The van der Waals surface area contributed by atoms with Gasteiger partial charge in [-0.3, -0.25) is 0 Å². The number of amides is 1. The number of furan rings is 1. The van der Waals surface area contributed by atoms with Crippen LogP contribution >= 0.6 is 23.2 Å². The Morgan fingerprint density at radius 1 is 0.889 bits per heavy atom. The molecular weight excluding hydrogens is 501 g/mol. The first-order chi connectivity index (χ1) is 17.4. The lowest BCUT2D eigenvalue weighted by molar-refractivity contribution is -0.139. The molecule has 0 spiro atoms. The largest absolute Gasteiger partial charge is 0.480 e. The number of carboxylic acids is 1. The number of carbonyl (C=O) groups is 2. The Morgan fingerprint density at radius 2 is 1.50 bits per heavy atom. The van der Waals surface area contributed by atoms with Crippen LogP contribution in [0.15, 0.2) is 83.3 Å². The van der Waals surface area contributed by atoms with E-state index in [1.807, 2.05) is 48.5 Å². The molecule has 0 aliphatic heterocycles. The van der Waals surface area contributed by atoms with E-state index in [1.165, 1.54) is 0 Å². The number of aliphatic carboxylic acids is 1. The van der Waals surface area contributed by atoms with Crippen molar-refractivity contribution in [2.45, 2.75) is 18.4 Å². The van der Waals surface area contributed by atoms with Gasteiger partial charge in [0.05, 0.1) is 15.6 Å². The van der Waals surface area contributed by atoms with Gasteiger partial charge >= 0.3 is 12.1 Å². The van der Waals surface area contributed by atoms with Gasteiger partial charge in [-0.2, -0.15) is 0 Å². The van der Waals surface area contributed by atoms with Crippen molar-refractivity contribution in [1.29, 1.82) is 0 Å². The minimum Gasteiger partial charge on any atom is -0.480 e. The molecular formula is C28H21Cl2NO5. The van der Waals surface area contributed by atoms with Crippen molar-refractivity contribution < 1.29 is 23.8 Å². The summed E-state index contributed by atoms with van der Waals surface area (Å²) in [6, 6.07) is 23.1. The second-order valence-corrected chi connectivity index (χ2v) is 9.24. The number of hydrogen-bond donors (Lipinski definition) is 2. The molecule has 36 heavy (non-hydrogen) atoms. The predicted octanol–water partition coefficient (Wildman–Crippen LogP) is 6.79. The number of carboxylic acid groups (broad SMARTS) is 1. The molecule has 0 fully saturated rings. The fourth-order valence-corrected chi connectivity index (χ4v) is 5.12. The van der Waals surface area contributed by atoms with Gasteiger partial charge in [0.15, 0.2) is 0 Å². The molecule has 1 atom stereocenters. The molecule has 4 aromatic rings. The molecule has 3 aromatic carbocycles. The van der Waals surface area contributed by atoms with Crippen LogP contribution in [-0.2, 0) is 16.0 Å². The van der Waals surface area contributed by atoms with Gasteiger partial charge in [-0.25, -0.2) is 9.59 Å². The topological polar surface area (TPSA) is 88.8 Å². The Morgan fingerprint density at radius 3 is 2.11 bits per heavy atom. The van der Waals surface area contributed by atoms with E-state index in [0.717, 1.165) is 22.3 Å². The van der Waals surface area contributed by atoms with Gasteiger partial charge in [-0.05, 0) is 46.5 Å². The number of rotatable bonds is 7. The van der Waals surface area contributed by atoms with E-state index >= 15 is 0 Å². The summed E-state index contributed by atoms with van der Waals surface area (Å²) in [6.45, 7) is 0.0854. The predicted molar refractivity (Wildman–Crippen MR) is 137 cm³/mol. The SMILES string of the molecule is O=C(NC(Cc1ccc(-c2c(Cl)cccc2Cl)o1)C(=O)O)OCC1c2ccccc2-c2ccccc21. The highest BCUT2D eigenvalue weighted by molar-refractivity contribution is 6.39. The van der Waals surface area contributed by atoms with Gasteiger partial charge in [0, 0.05) is 12.3 Å². The van der Waals surface area contributed by atoms with E-state index in [-0.39, 0.29) is 18.9 Å². The molecule has 1 amide bonds. The van der Waals surface area contributed by atoms with Gasteiger partial charge in [0.2, 0.25) is 0 Å². The summed E-state index contributed by atoms with van der Waals surface area (Å²) in [5.41, 5.74) is 4.88. The first-order valence-corrected chi connectivity index (χ1v) is 12.1. The number of halogens is 2. The summed E-state index contributed by atoms with van der Waals surface area (Å²) < 4.78 is 11.3. The van der Waals surface area contributed by atoms with E-state index in [4.69, 9.17) is 32.4 Å². The molecule has 6 nitrogen and oxygen atoms in total. The minimum atomic E-state index is -1.25. The zero-order valence-corrected chi connectivity index (χ0v) is 20.4. The van der Waals surface area contributed by atoms with E-state index in [9.17, 15) is 14.7 Å². The average Bonchev–Trinajstić information content (AvgIpc) is 3.45. The molecule has 1 heterocycles. The smallest absolute Gasteiger partial charge is 0.407 e. The molecule has 1 aliphatic rings. The van der Waals surface area contributed by atoms with Crippen molar-refractivity contribution in [3.8, 4) is 22.5 Å². The molecule has 0 radical (unpaired) electrons. The maximum absolute atomic E-state index is 12.6. The highest BCUT2D eigenvalue weighted by atomic mass is 35.5. The molecule has 0 bridgehead atoms. The molecule has 1 aromatic heterocycles. The normalized spacial score (nSPS) is 13.1. The molecule has 8 heteroatoms. The zero-order chi connectivity index (χ0) is 25.2. The summed E-state index contributed by atoms with van der Waals surface area (Å²) in [5, 5.41) is 12.9. The van der Waals surface area contributed by atoms with Crippen LogP contribution in [-0.4, -0.2) is 29.8 Å². The standard InChI is InChI=1S/C28H21Cl2NO5/c29-22-10-5-11-23(30)26(22)25-13-12-16(36-25)14-24(27(32)33)31-28(34)35-15-21-19-8-3-1-6-17(19)18-7-2-4-9-20(18)21/h1-13,21,24H,14-15H2,(H,31,34)(H,32,33). The molecule has 5 rings (SSSR count). The van der Waals surface area contributed by atoms with Crippen LogP contribution in [0.3, 0.4) is 0 Å². The maximum Gasteiger partial charge on any atom is 0.407 e. The quantitative estimate of drug-likeness (QED) is 0.279. The summed E-state index contributed by atoms with van der Waals surface area (Å²) in [6.07, 6.45) is -0.896. The Bertz CT molecular complexity index is 1380. The van der Waals surface area contributed by atoms with Gasteiger partial charge in [0.1, 0.15) is 24.2 Å². The van der Waals surface area contributed by atoms with Crippen LogP contribution in [0.5, 0.6) is 0 Å². The lowest BCUT2D eigenvalue weighted by Gasteiger charge is -2.17. The zero-order valence-electron chi connectivity index (χ0n) is 18.9. The highest BCUT2D eigenvalue weighted by Gasteiger charge is 2.30. The molecule has 182 valence electrons. The molecule has 0 saturated heterocycles. The van der Waals surface area contributed by atoms with Crippen LogP contribution < -0.4 is 5.32 Å². The van der Waals surface area contributed by atoms with Gasteiger partial charge in [-0.15, -0.1) is 0 Å². The van der Waals surface area contributed by atoms with E-state index in [2.05, 4.69) is 5.32 Å². The van der Waals surface area contributed by atoms with Crippen molar-refractivity contribution >= 4 is 35.3 Å². The van der Waals surface area contributed by atoms with Crippen LogP contribution in [0.1, 0.15) is 22.8 Å². The number of alkyl carbamates (subject to hydrolysis) is 1. The van der Waals surface area contributed by atoms with Crippen molar-refractivity contribution in [3.05, 3.63) is 106 Å². The summed E-state index contributed by atoms with van der Waals surface area (Å²) in [4.78, 5) is 24.4. The summed E-state index contributed by atoms with van der Waals surface area (Å²) in [5.74, 6) is -0.574. The third-order valence-corrected chi connectivity index (χ3v) is 6.84. The first-order valence-electron chi connectivity index (χ1n) is 11.3. The lowest BCUT2D eigenvalue weighted by atomic mass is 9.98. The number of benzene rings is 3. The fourth-order valence-electron chi connectivity index (χ4n) is 4.54. The third kappa shape index (κ3) is 4.70. The number of nitrogens with one attached hydrogen (secondary N) is 1. The average molecular weight is 522 g/mol. The minimum absolute atomic E-state index is 0.0817. The van der Waals surface area contributed by atoms with Crippen LogP contribution in [0.25, 0.3) is 22.5 Å². The molecule has 2 N–H and O–H groups in total. The summed E-state index contributed by atoms with van der Waals surface area (Å²) >= 11 is 12.5. The molecule has 1 unspecified atom stereocenters. The van der Waals surface area contributed by atoms with Crippen molar-refractivity contribution in [2.75, 3.05) is 6.61 Å². The number of ether oxygens (including phenoxy) is 1. The van der Waals surface area contributed by atoms with E-state index in [0.29, 0.717) is 27.1 Å². The van der Waals surface area contributed by atoms with Crippen LogP contribution in [0.2, 0.25) is 10.0 Å². The highest BCUT2D eigenvalue weighted by Crippen LogP contribution is 2.44. The molecule has 1 aliphatic carbocycles. The van der Waals surface area contributed by atoms with Crippen LogP contribution in [0.4, 0.5) is 4.79 Å². The maximum atomic E-state index is 12.6. The van der Waals surface area contributed by atoms with E-state index in [1.54, 1.807) is 30.3 Å². The van der Waals surface area contributed by atoms with Crippen molar-refractivity contribution in [2.24, 2.45) is 0 Å². The number of hydrogen-bond acceptors (Lipinski definition) is 4. The Labute approximate surface area is 217 Å². The van der Waals surface area contributed by atoms with Gasteiger partial charge < -0.3 is 19.6 Å². The second kappa shape index (κ2) is 10.1. The van der Waals surface area contributed by atoms with Crippen LogP contribution in [0, 0.1) is 0 Å². The lowest BCUT2D eigenvalue weighted by Crippen LogP contribution is -2.42. The Kier molecular flexibility index (Phi) is 6.72. The second-order valence-electron chi connectivity index (χ2n) is 8.43. The van der Waals surface area contributed by atoms with Crippen molar-refractivity contribution in [1.82, 2.24) is 5.32 Å². The fraction of sp³-hybridized carbons (Fsp3) is 0.143. The van der Waals surface area contributed by atoms with Gasteiger partial charge in [0.25, 0.3) is 0 Å². The summed E-state index contributed by atoms with van der Waals surface area (Å²) in [7, 11) is 0. The van der Waals surface area contributed by atoms with Gasteiger partial charge in [-0.1, -0.05) is 77.8 Å². The van der Waals surface area contributed by atoms with E-state index < -0.39 is 18.1 Å². The Hall–Kier alpha value is -3.74. The molecule has 0 saturated carbocycles. The third-order valence-electron chi connectivity index (χ3n) is 6.21. The monoisotopic (exact) mass is 521 g/mol.